The minimum atomic E-state index is 0.665. The Morgan fingerprint density at radius 2 is 2.31 bits per heavy atom. The van der Waals surface area contributed by atoms with Gasteiger partial charge >= 0.3 is 0 Å². The van der Waals surface area contributed by atoms with E-state index in [9.17, 15) is 0 Å². The van der Waals surface area contributed by atoms with Gasteiger partial charge in [0, 0.05) is 9.50 Å². The van der Waals surface area contributed by atoms with Gasteiger partial charge in [-0.05, 0) is 49.0 Å². The third-order valence-corrected chi connectivity index (χ3v) is 4.42. The van der Waals surface area contributed by atoms with Crippen LogP contribution in [0, 0.1) is 5.92 Å². The minimum absolute atomic E-state index is 0.665. The molecule has 1 saturated heterocycles. The van der Waals surface area contributed by atoms with Crippen LogP contribution in [0.3, 0.4) is 0 Å². The summed E-state index contributed by atoms with van der Waals surface area (Å²) < 4.78 is 1.16. The topological polar surface area (TPSA) is 12.0 Å². The molecule has 0 amide bonds. The number of halogens is 2. The van der Waals surface area contributed by atoms with Crippen molar-refractivity contribution in [2.45, 2.75) is 25.7 Å². The SMILES string of the molecule is CCC1CNCCC1c1ccc(Cl)cc1Br. The molecule has 0 aromatic heterocycles. The molecule has 0 aliphatic carbocycles. The van der Waals surface area contributed by atoms with E-state index >= 15 is 0 Å². The first-order valence-corrected chi connectivity index (χ1v) is 7.05. The maximum absolute atomic E-state index is 5.98. The number of nitrogens with one attached hydrogen (secondary N) is 1. The van der Waals surface area contributed by atoms with Gasteiger partial charge in [0.1, 0.15) is 0 Å². The van der Waals surface area contributed by atoms with Crippen molar-refractivity contribution in [3.8, 4) is 0 Å². The zero-order valence-corrected chi connectivity index (χ0v) is 11.8. The highest BCUT2D eigenvalue weighted by Gasteiger charge is 2.26. The summed E-state index contributed by atoms with van der Waals surface area (Å²) in [4.78, 5) is 0. The highest BCUT2D eigenvalue weighted by Crippen LogP contribution is 2.37. The lowest BCUT2D eigenvalue weighted by Crippen LogP contribution is -2.35. The van der Waals surface area contributed by atoms with E-state index < -0.39 is 0 Å². The Morgan fingerprint density at radius 1 is 1.50 bits per heavy atom. The lowest BCUT2D eigenvalue weighted by molar-refractivity contribution is 0.317. The van der Waals surface area contributed by atoms with E-state index in [0.29, 0.717) is 5.92 Å². The van der Waals surface area contributed by atoms with Crippen LogP contribution in [0.5, 0.6) is 0 Å². The fourth-order valence-electron chi connectivity index (χ4n) is 2.56. The number of hydrogen-bond donors (Lipinski definition) is 1. The third kappa shape index (κ3) is 2.61. The molecule has 0 spiro atoms. The lowest BCUT2D eigenvalue weighted by Gasteiger charge is -2.32. The normalized spacial score (nSPS) is 25.7. The molecule has 16 heavy (non-hydrogen) atoms. The van der Waals surface area contributed by atoms with E-state index in [0.717, 1.165) is 28.5 Å². The average molecular weight is 303 g/mol. The Labute approximate surface area is 111 Å². The van der Waals surface area contributed by atoms with Gasteiger partial charge in [-0.15, -0.1) is 0 Å². The molecule has 1 nitrogen and oxygen atoms in total. The van der Waals surface area contributed by atoms with Gasteiger partial charge < -0.3 is 5.32 Å². The van der Waals surface area contributed by atoms with Crippen molar-refractivity contribution >= 4 is 27.5 Å². The maximum Gasteiger partial charge on any atom is 0.0417 e. The van der Waals surface area contributed by atoms with Crippen LogP contribution in [0.25, 0.3) is 0 Å². The third-order valence-electron chi connectivity index (χ3n) is 3.49. The van der Waals surface area contributed by atoms with Crippen molar-refractivity contribution in [1.82, 2.24) is 5.32 Å². The van der Waals surface area contributed by atoms with Gasteiger partial charge in [0.25, 0.3) is 0 Å². The summed E-state index contributed by atoms with van der Waals surface area (Å²) in [6.45, 7) is 4.53. The number of piperidine rings is 1. The summed E-state index contributed by atoms with van der Waals surface area (Å²) in [7, 11) is 0. The van der Waals surface area contributed by atoms with Crippen LogP contribution in [-0.2, 0) is 0 Å². The molecule has 2 rings (SSSR count). The summed E-state index contributed by atoms with van der Waals surface area (Å²) >= 11 is 9.62. The first-order chi connectivity index (χ1) is 7.72. The zero-order chi connectivity index (χ0) is 11.5. The summed E-state index contributed by atoms with van der Waals surface area (Å²) in [5, 5.41) is 4.28. The zero-order valence-electron chi connectivity index (χ0n) is 9.47. The highest BCUT2D eigenvalue weighted by molar-refractivity contribution is 9.10. The van der Waals surface area contributed by atoms with Crippen molar-refractivity contribution in [1.29, 1.82) is 0 Å². The van der Waals surface area contributed by atoms with Gasteiger partial charge in [-0.25, -0.2) is 0 Å². The lowest BCUT2D eigenvalue weighted by atomic mass is 9.80. The number of rotatable bonds is 2. The Morgan fingerprint density at radius 3 is 3.00 bits per heavy atom. The number of hydrogen-bond acceptors (Lipinski definition) is 1. The summed E-state index contributed by atoms with van der Waals surface area (Å²) in [5.41, 5.74) is 1.41. The molecule has 88 valence electrons. The van der Waals surface area contributed by atoms with Crippen molar-refractivity contribution in [3.05, 3.63) is 33.3 Å². The van der Waals surface area contributed by atoms with Crippen LogP contribution in [0.1, 0.15) is 31.2 Å². The van der Waals surface area contributed by atoms with E-state index in [2.05, 4.69) is 34.2 Å². The number of benzene rings is 1. The fraction of sp³-hybridized carbons (Fsp3) is 0.538. The first-order valence-electron chi connectivity index (χ1n) is 5.88. The second-order valence-corrected chi connectivity index (χ2v) is 5.72. The van der Waals surface area contributed by atoms with Crippen molar-refractivity contribution < 1.29 is 0 Å². The molecule has 1 heterocycles. The Hall–Kier alpha value is -0.0500. The van der Waals surface area contributed by atoms with Crippen LogP contribution in [-0.4, -0.2) is 13.1 Å². The quantitative estimate of drug-likeness (QED) is 0.863. The fourth-order valence-corrected chi connectivity index (χ4v) is 3.54. The molecule has 2 unspecified atom stereocenters. The largest absolute Gasteiger partial charge is 0.316 e. The predicted octanol–water partition coefficient (Wildman–Crippen LogP) is 4.21. The first kappa shape index (κ1) is 12.4. The summed E-state index contributed by atoms with van der Waals surface area (Å²) in [6.07, 6.45) is 2.45. The molecule has 1 fully saturated rings. The van der Waals surface area contributed by atoms with E-state index in [-0.39, 0.29) is 0 Å². The van der Waals surface area contributed by atoms with Crippen LogP contribution in [0.4, 0.5) is 0 Å². The van der Waals surface area contributed by atoms with E-state index in [1.54, 1.807) is 0 Å². The average Bonchev–Trinajstić information content (AvgIpc) is 2.29. The van der Waals surface area contributed by atoms with Crippen LogP contribution < -0.4 is 5.32 Å². The monoisotopic (exact) mass is 301 g/mol. The Balaban J connectivity index is 2.27. The van der Waals surface area contributed by atoms with E-state index in [4.69, 9.17) is 11.6 Å². The molecular formula is C13H17BrClN. The summed E-state index contributed by atoms with van der Waals surface area (Å²) in [5.74, 6) is 1.41. The minimum Gasteiger partial charge on any atom is -0.316 e. The Kier molecular flexibility index (Phi) is 4.28. The highest BCUT2D eigenvalue weighted by atomic mass is 79.9. The van der Waals surface area contributed by atoms with Gasteiger partial charge in [0.05, 0.1) is 0 Å². The summed E-state index contributed by atoms with van der Waals surface area (Å²) in [6, 6.07) is 6.17. The second-order valence-electron chi connectivity index (χ2n) is 4.43. The van der Waals surface area contributed by atoms with Crippen LogP contribution in [0.2, 0.25) is 5.02 Å². The van der Waals surface area contributed by atoms with E-state index in [1.807, 2.05) is 12.1 Å². The maximum atomic E-state index is 5.98. The molecule has 1 aromatic rings. The predicted molar refractivity (Wildman–Crippen MR) is 73.2 cm³/mol. The van der Waals surface area contributed by atoms with Crippen LogP contribution >= 0.6 is 27.5 Å². The van der Waals surface area contributed by atoms with Gasteiger partial charge in [-0.1, -0.05) is 46.9 Å². The van der Waals surface area contributed by atoms with Crippen molar-refractivity contribution in [3.63, 3.8) is 0 Å². The molecule has 1 N–H and O–H groups in total. The second kappa shape index (κ2) is 5.52. The molecule has 0 radical (unpaired) electrons. The standard InChI is InChI=1S/C13H17BrClN/c1-2-9-8-16-6-5-11(9)12-4-3-10(15)7-13(12)14/h3-4,7,9,11,16H,2,5-6,8H2,1H3. The van der Waals surface area contributed by atoms with Gasteiger partial charge in [-0.2, -0.15) is 0 Å². The molecule has 2 atom stereocenters. The molecule has 1 aromatic carbocycles. The Bertz CT molecular complexity index is 367. The smallest absolute Gasteiger partial charge is 0.0417 e. The molecular weight excluding hydrogens is 286 g/mol. The van der Waals surface area contributed by atoms with Crippen LogP contribution in [0.15, 0.2) is 22.7 Å². The molecule has 1 aliphatic rings. The van der Waals surface area contributed by atoms with Gasteiger partial charge in [0.15, 0.2) is 0 Å². The molecule has 1 aliphatic heterocycles. The van der Waals surface area contributed by atoms with Crippen molar-refractivity contribution in [2.24, 2.45) is 5.92 Å². The van der Waals surface area contributed by atoms with Gasteiger partial charge in [-0.3, -0.25) is 0 Å². The van der Waals surface area contributed by atoms with Gasteiger partial charge in [0.2, 0.25) is 0 Å². The van der Waals surface area contributed by atoms with E-state index in [1.165, 1.54) is 18.4 Å². The molecule has 3 heteroatoms. The van der Waals surface area contributed by atoms with Crippen molar-refractivity contribution in [2.75, 3.05) is 13.1 Å². The molecule has 0 saturated carbocycles. The molecule has 0 bridgehead atoms.